The van der Waals surface area contributed by atoms with Crippen LogP contribution >= 0.6 is 24.0 Å². The number of hydrogen-bond acceptors (Lipinski definition) is 2. The van der Waals surface area contributed by atoms with Crippen molar-refractivity contribution >= 4 is 29.9 Å². The summed E-state index contributed by atoms with van der Waals surface area (Å²) in [6.07, 6.45) is 2.16. The van der Waals surface area contributed by atoms with Crippen molar-refractivity contribution in [3.05, 3.63) is 71.3 Å². The molecule has 0 amide bonds. The van der Waals surface area contributed by atoms with Crippen molar-refractivity contribution in [2.75, 3.05) is 20.2 Å². The predicted molar refractivity (Wildman–Crippen MR) is 120 cm³/mol. The molecule has 2 aromatic rings. The highest BCUT2D eigenvalue weighted by atomic mass is 127. The maximum Gasteiger partial charge on any atom is 0.191 e. The van der Waals surface area contributed by atoms with Crippen molar-refractivity contribution in [3.63, 3.8) is 0 Å². The Bertz CT molecular complexity index is 629. The SMILES string of the molecule is CCNC(=NCc1ccc(COC)cc1)NCCCc1ccccc1.I. The van der Waals surface area contributed by atoms with Gasteiger partial charge in [-0.1, -0.05) is 54.6 Å². The Labute approximate surface area is 174 Å². The van der Waals surface area contributed by atoms with Crippen LogP contribution in [-0.4, -0.2) is 26.2 Å². The Morgan fingerprint density at radius 1 is 0.923 bits per heavy atom. The standard InChI is InChI=1S/C21H29N3O.HI/c1-3-22-21(23-15-7-10-18-8-5-4-6-9-18)24-16-19-11-13-20(14-12-19)17-25-2;/h4-6,8-9,11-14H,3,7,10,15-17H2,1-2H3,(H2,22,23,24);1H. The van der Waals surface area contributed by atoms with E-state index >= 15 is 0 Å². The molecule has 0 atom stereocenters. The first-order valence-electron chi connectivity index (χ1n) is 8.94. The van der Waals surface area contributed by atoms with Crippen molar-refractivity contribution in [1.82, 2.24) is 10.6 Å². The predicted octanol–water partition coefficient (Wildman–Crippen LogP) is 4.14. The Kier molecular flexibility index (Phi) is 11.7. The summed E-state index contributed by atoms with van der Waals surface area (Å²) in [5.41, 5.74) is 3.75. The Balaban J connectivity index is 0.00000338. The van der Waals surface area contributed by atoms with Crippen LogP contribution in [0.2, 0.25) is 0 Å². The first-order chi connectivity index (χ1) is 12.3. The van der Waals surface area contributed by atoms with Gasteiger partial charge in [0.2, 0.25) is 0 Å². The molecule has 0 fully saturated rings. The number of hydrogen-bond donors (Lipinski definition) is 2. The van der Waals surface area contributed by atoms with Crippen LogP contribution in [0.15, 0.2) is 59.6 Å². The third-order valence-corrected chi connectivity index (χ3v) is 3.88. The van der Waals surface area contributed by atoms with Crippen molar-refractivity contribution in [2.45, 2.75) is 32.9 Å². The highest BCUT2D eigenvalue weighted by Crippen LogP contribution is 2.06. The number of methoxy groups -OCH3 is 1. The summed E-state index contributed by atoms with van der Waals surface area (Å²) in [6, 6.07) is 19.0. The number of aryl methyl sites for hydroxylation is 1. The highest BCUT2D eigenvalue weighted by molar-refractivity contribution is 14.0. The van der Waals surface area contributed by atoms with Crippen LogP contribution in [0, 0.1) is 0 Å². The summed E-state index contributed by atoms with van der Waals surface area (Å²) in [7, 11) is 1.71. The third kappa shape index (κ3) is 8.67. The van der Waals surface area contributed by atoms with Gasteiger partial charge in [0.1, 0.15) is 0 Å². The lowest BCUT2D eigenvalue weighted by Gasteiger charge is -2.11. The molecule has 0 spiro atoms. The van der Waals surface area contributed by atoms with E-state index in [0.29, 0.717) is 13.2 Å². The highest BCUT2D eigenvalue weighted by Gasteiger charge is 1.99. The Morgan fingerprint density at radius 3 is 2.27 bits per heavy atom. The molecule has 2 aromatic carbocycles. The summed E-state index contributed by atoms with van der Waals surface area (Å²) < 4.78 is 5.14. The number of guanidine groups is 1. The molecule has 0 bridgehead atoms. The van der Waals surface area contributed by atoms with E-state index in [4.69, 9.17) is 4.74 Å². The molecule has 0 saturated carbocycles. The minimum atomic E-state index is 0. The number of rotatable bonds is 9. The molecule has 0 radical (unpaired) electrons. The number of halogens is 1. The molecule has 2 rings (SSSR count). The van der Waals surface area contributed by atoms with Gasteiger partial charge in [-0.15, -0.1) is 24.0 Å². The molecule has 4 nitrogen and oxygen atoms in total. The fourth-order valence-electron chi connectivity index (χ4n) is 2.56. The van der Waals surface area contributed by atoms with E-state index in [0.717, 1.165) is 31.9 Å². The molecule has 0 aliphatic rings. The molecule has 0 aliphatic carbocycles. The second-order valence-corrected chi connectivity index (χ2v) is 5.96. The van der Waals surface area contributed by atoms with E-state index in [1.807, 2.05) is 0 Å². The Hall–Kier alpha value is -1.60. The average Bonchev–Trinajstić information content (AvgIpc) is 2.65. The summed E-state index contributed by atoms with van der Waals surface area (Å²) in [5, 5.41) is 6.71. The van der Waals surface area contributed by atoms with E-state index in [1.165, 1.54) is 16.7 Å². The van der Waals surface area contributed by atoms with Gasteiger partial charge in [-0.25, -0.2) is 4.99 Å². The van der Waals surface area contributed by atoms with Gasteiger partial charge in [0, 0.05) is 20.2 Å². The van der Waals surface area contributed by atoms with Crippen molar-refractivity contribution in [1.29, 1.82) is 0 Å². The summed E-state index contributed by atoms with van der Waals surface area (Å²) in [6.45, 7) is 5.17. The van der Waals surface area contributed by atoms with Crippen LogP contribution in [0.3, 0.4) is 0 Å². The summed E-state index contributed by atoms with van der Waals surface area (Å²) >= 11 is 0. The zero-order valence-electron chi connectivity index (χ0n) is 15.7. The van der Waals surface area contributed by atoms with Gasteiger partial charge in [0.25, 0.3) is 0 Å². The van der Waals surface area contributed by atoms with Crippen LogP contribution < -0.4 is 10.6 Å². The lowest BCUT2D eigenvalue weighted by atomic mass is 10.1. The smallest absolute Gasteiger partial charge is 0.191 e. The molecule has 5 heteroatoms. The molecule has 0 saturated heterocycles. The number of nitrogens with zero attached hydrogens (tertiary/aromatic N) is 1. The van der Waals surface area contributed by atoms with Crippen molar-refractivity contribution in [3.8, 4) is 0 Å². The lowest BCUT2D eigenvalue weighted by Crippen LogP contribution is -2.37. The minimum absolute atomic E-state index is 0. The van der Waals surface area contributed by atoms with Crippen molar-refractivity contribution < 1.29 is 4.74 Å². The molecule has 0 unspecified atom stereocenters. The average molecular weight is 467 g/mol. The second-order valence-electron chi connectivity index (χ2n) is 5.96. The first-order valence-corrected chi connectivity index (χ1v) is 8.94. The molecule has 0 heterocycles. The number of aliphatic imine (C=N–C) groups is 1. The van der Waals surface area contributed by atoms with Gasteiger partial charge in [-0.2, -0.15) is 0 Å². The second kappa shape index (κ2) is 13.6. The summed E-state index contributed by atoms with van der Waals surface area (Å²) in [4.78, 5) is 4.67. The molecule has 26 heavy (non-hydrogen) atoms. The molecule has 0 aromatic heterocycles. The maximum absolute atomic E-state index is 5.14. The largest absolute Gasteiger partial charge is 0.380 e. The lowest BCUT2D eigenvalue weighted by molar-refractivity contribution is 0.185. The van der Waals surface area contributed by atoms with Gasteiger partial charge in [0.15, 0.2) is 5.96 Å². The van der Waals surface area contributed by atoms with Gasteiger partial charge in [-0.05, 0) is 36.5 Å². The summed E-state index contributed by atoms with van der Waals surface area (Å²) in [5.74, 6) is 0.872. The van der Waals surface area contributed by atoms with Gasteiger partial charge in [0.05, 0.1) is 13.2 Å². The van der Waals surface area contributed by atoms with E-state index in [-0.39, 0.29) is 24.0 Å². The Morgan fingerprint density at radius 2 is 1.62 bits per heavy atom. The van der Waals surface area contributed by atoms with Crippen LogP contribution in [0.1, 0.15) is 30.0 Å². The third-order valence-electron chi connectivity index (χ3n) is 3.88. The van der Waals surface area contributed by atoms with Crippen LogP contribution in [0.25, 0.3) is 0 Å². The minimum Gasteiger partial charge on any atom is -0.380 e. The normalized spacial score (nSPS) is 10.9. The molecule has 2 N–H and O–H groups in total. The number of nitrogens with one attached hydrogen (secondary N) is 2. The van der Waals surface area contributed by atoms with E-state index in [9.17, 15) is 0 Å². The monoisotopic (exact) mass is 467 g/mol. The first kappa shape index (κ1) is 22.4. The van der Waals surface area contributed by atoms with E-state index in [2.05, 4.69) is 77.1 Å². The van der Waals surface area contributed by atoms with Gasteiger partial charge < -0.3 is 15.4 Å². The number of ether oxygens (including phenoxy) is 1. The van der Waals surface area contributed by atoms with Crippen molar-refractivity contribution in [2.24, 2.45) is 4.99 Å². The zero-order chi connectivity index (χ0) is 17.7. The van der Waals surface area contributed by atoms with E-state index < -0.39 is 0 Å². The molecular formula is C21H30IN3O. The maximum atomic E-state index is 5.14. The molecule has 0 aliphatic heterocycles. The zero-order valence-corrected chi connectivity index (χ0v) is 18.0. The van der Waals surface area contributed by atoms with Crippen LogP contribution in [0.4, 0.5) is 0 Å². The molecular weight excluding hydrogens is 437 g/mol. The topological polar surface area (TPSA) is 45.7 Å². The van der Waals surface area contributed by atoms with Gasteiger partial charge in [-0.3, -0.25) is 0 Å². The molecule has 142 valence electrons. The van der Waals surface area contributed by atoms with E-state index in [1.54, 1.807) is 7.11 Å². The van der Waals surface area contributed by atoms with Gasteiger partial charge >= 0.3 is 0 Å². The fourth-order valence-corrected chi connectivity index (χ4v) is 2.56. The quantitative estimate of drug-likeness (QED) is 0.252. The number of benzene rings is 2. The fraction of sp³-hybridized carbons (Fsp3) is 0.381. The van der Waals surface area contributed by atoms with Crippen LogP contribution in [0.5, 0.6) is 0 Å². The van der Waals surface area contributed by atoms with Crippen LogP contribution in [-0.2, 0) is 24.3 Å².